The van der Waals surface area contributed by atoms with Gasteiger partial charge in [-0.1, -0.05) is 0 Å². The van der Waals surface area contributed by atoms with Gasteiger partial charge in [0.25, 0.3) is 0 Å². The maximum atomic E-state index is 11.4. The zero-order valence-electron chi connectivity index (χ0n) is 9.68. The van der Waals surface area contributed by atoms with E-state index in [1.165, 1.54) is 6.26 Å². The summed E-state index contributed by atoms with van der Waals surface area (Å²) in [6, 6.07) is 0.585. The highest BCUT2D eigenvalue weighted by Crippen LogP contribution is 2.32. The highest BCUT2D eigenvalue weighted by atomic mass is 32.2. The Hall–Kier alpha value is -0.130. The molecule has 0 radical (unpaired) electrons. The predicted octanol–water partition coefficient (Wildman–Crippen LogP) is 0.218. The summed E-state index contributed by atoms with van der Waals surface area (Å²) in [7, 11) is -2.97. The second-order valence-corrected chi connectivity index (χ2v) is 7.13. The smallest absolute Gasteiger partial charge is 0.211 e. The van der Waals surface area contributed by atoms with E-state index < -0.39 is 10.0 Å². The first-order chi connectivity index (χ1) is 6.88. The van der Waals surface area contributed by atoms with Gasteiger partial charge in [0.2, 0.25) is 10.0 Å². The van der Waals surface area contributed by atoms with Crippen molar-refractivity contribution in [3.8, 4) is 0 Å². The number of hydrogen-bond acceptors (Lipinski definition) is 3. The molecule has 0 aromatic heterocycles. The molecule has 0 aromatic rings. The molecule has 5 heteroatoms. The van der Waals surface area contributed by atoms with Gasteiger partial charge in [-0.05, 0) is 25.7 Å². The first-order valence-corrected chi connectivity index (χ1v) is 7.42. The number of hydrogen-bond donors (Lipinski definition) is 0. The summed E-state index contributed by atoms with van der Waals surface area (Å²) in [5, 5.41) is 0. The van der Waals surface area contributed by atoms with Gasteiger partial charge in [0, 0.05) is 32.2 Å². The molecule has 88 valence electrons. The van der Waals surface area contributed by atoms with Crippen molar-refractivity contribution in [3.05, 3.63) is 0 Å². The molecule has 0 N–H and O–H groups in total. The van der Waals surface area contributed by atoms with Crippen molar-refractivity contribution in [1.82, 2.24) is 9.21 Å². The van der Waals surface area contributed by atoms with Crippen molar-refractivity contribution in [1.29, 1.82) is 0 Å². The van der Waals surface area contributed by atoms with Crippen LogP contribution >= 0.6 is 0 Å². The normalized spacial score (nSPS) is 33.9. The van der Waals surface area contributed by atoms with E-state index in [1.54, 1.807) is 4.31 Å². The van der Waals surface area contributed by atoms with Gasteiger partial charge in [0.05, 0.1) is 6.26 Å². The summed E-state index contributed by atoms with van der Waals surface area (Å²) < 4.78 is 24.4. The van der Waals surface area contributed by atoms with E-state index in [4.69, 9.17) is 0 Å². The number of likely N-dealkylation sites (tertiary alicyclic amines) is 1. The number of fused-ring (bicyclic) bond motifs is 1. The van der Waals surface area contributed by atoms with Crippen molar-refractivity contribution in [2.45, 2.75) is 19.9 Å². The maximum Gasteiger partial charge on any atom is 0.211 e. The largest absolute Gasteiger partial charge is 0.300 e. The first kappa shape index (κ1) is 11.4. The zero-order valence-corrected chi connectivity index (χ0v) is 10.5. The molecule has 2 atom stereocenters. The van der Waals surface area contributed by atoms with Crippen molar-refractivity contribution in [3.63, 3.8) is 0 Å². The van der Waals surface area contributed by atoms with Crippen molar-refractivity contribution in [2.24, 2.45) is 11.8 Å². The Morgan fingerprint density at radius 1 is 1.07 bits per heavy atom. The Morgan fingerprint density at radius 3 is 1.87 bits per heavy atom. The molecule has 0 amide bonds. The van der Waals surface area contributed by atoms with Crippen LogP contribution in [-0.4, -0.2) is 56.1 Å². The molecule has 4 nitrogen and oxygen atoms in total. The topological polar surface area (TPSA) is 40.6 Å². The van der Waals surface area contributed by atoms with E-state index >= 15 is 0 Å². The van der Waals surface area contributed by atoms with Crippen LogP contribution in [0.5, 0.6) is 0 Å². The fourth-order valence-corrected chi connectivity index (χ4v) is 3.60. The van der Waals surface area contributed by atoms with Crippen LogP contribution in [0.3, 0.4) is 0 Å². The third kappa shape index (κ3) is 2.19. The van der Waals surface area contributed by atoms with Crippen molar-refractivity contribution < 1.29 is 8.42 Å². The molecule has 0 bridgehead atoms. The second kappa shape index (κ2) is 3.71. The Kier molecular flexibility index (Phi) is 2.81. The Balaban J connectivity index is 1.99. The van der Waals surface area contributed by atoms with Gasteiger partial charge in [-0.2, -0.15) is 0 Å². The molecule has 2 aliphatic rings. The molecule has 0 aromatic carbocycles. The van der Waals surface area contributed by atoms with E-state index in [-0.39, 0.29) is 0 Å². The third-order valence-electron chi connectivity index (χ3n) is 3.68. The Morgan fingerprint density at radius 2 is 1.53 bits per heavy atom. The highest BCUT2D eigenvalue weighted by Gasteiger charge is 2.43. The minimum Gasteiger partial charge on any atom is -0.300 e. The summed E-state index contributed by atoms with van der Waals surface area (Å²) in [6.07, 6.45) is 1.31. The molecule has 15 heavy (non-hydrogen) atoms. The minimum absolute atomic E-state index is 0.558. The van der Waals surface area contributed by atoms with Crippen LogP contribution in [0.15, 0.2) is 0 Å². The number of sulfonamides is 1. The number of rotatable bonds is 2. The van der Waals surface area contributed by atoms with Gasteiger partial charge in [0.1, 0.15) is 0 Å². The molecular weight excluding hydrogens is 212 g/mol. The third-order valence-corrected chi connectivity index (χ3v) is 4.92. The van der Waals surface area contributed by atoms with E-state index in [2.05, 4.69) is 18.7 Å². The van der Waals surface area contributed by atoms with Crippen LogP contribution < -0.4 is 0 Å². The molecular formula is C10H20N2O2S. The van der Waals surface area contributed by atoms with Gasteiger partial charge < -0.3 is 4.90 Å². The summed E-state index contributed by atoms with van der Waals surface area (Å²) >= 11 is 0. The van der Waals surface area contributed by atoms with Crippen molar-refractivity contribution in [2.75, 3.05) is 32.4 Å². The fraction of sp³-hybridized carbons (Fsp3) is 1.00. The van der Waals surface area contributed by atoms with E-state index in [0.717, 1.165) is 26.2 Å². The van der Waals surface area contributed by atoms with Crippen molar-refractivity contribution >= 4 is 10.0 Å². The summed E-state index contributed by atoms with van der Waals surface area (Å²) in [4.78, 5) is 2.45. The zero-order chi connectivity index (χ0) is 11.2. The first-order valence-electron chi connectivity index (χ1n) is 5.57. The van der Waals surface area contributed by atoms with Crippen LogP contribution in [0, 0.1) is 11.8 Å². The van der Waals surface area contributed by atoms with Crippen LogP contribution in [0.4, 0.5) is 0 Å². The minimum atomic E-state index is -2.97. The van der Waals surface area contributed by atoms with Gasteiger partial charge in [-0.15, -0.1) is 0 Å². The SMILES string of the molecule is CC(C)N1CC2CN(S(C)(=O)=O)CC2C1. The standard InChI is InChI=1S/C10H20N2O2S/c1-8(2)11-4-9-6-12(15(3,13)14)7-10(9)5-11/h8-10H,4-7H2,1-3H3. The molecule has 2 fully saturated rings. The number of nitrogens with zero attached hydrogens (tertiary/aromatic N) is 2. The summed E-state index contributed by atoms with van der Waals surface area (Å²) in [5.41, 5.74) is 0. The molecule has 0 saturated carbocycles. The quantitative estimate of drug-likeness (QED) is 0.684. The lowest BCUT2D eigenvalue weighted by atomic mass is 10.0. The van der Waals surface area contributed by atoms with Crippen LogP contribution in [0.25, 0.3) is 0 Å². The van der Waals surface area contributed by atoms with Crippen LogP contribution in [0.1, 0.15) is 13.8 Å². The van der Waals surface area contributed by atoms with Gasteiger partial charge in [0.15, 0.2) is 0 Å². The highest BCUT2D eigenvalue weighted by molar-refractivity contribution is 7.88. The lowest BCUT2D eigenvalue weighted by molar-refractivity contribution is 0.246. The van der Waals surface area contributed by atoms with E-state index in [9.17, 15) is 8.42 Å². The molecule has 0 aliphatic carbocycles. The fourth-order valence-electron chi connectivity index (χ4n) is 2.68. The van der Waals surface area contributed by atoms with Gasteiger partial charge in [-0.25, -0.2) is 12.7 Å². The molecule has 0 spiro atoms. The van der Waals surface area contributed by atoms with Crippen LogP contribution in [-0.2, 0) is 10.0 Å². The monoisotopic (exact) mass is 232 g/mol. The molecule has 2 saturated heterocycles. The Bertz CT molecular complexity index is 325. The molecule has 2 rings (SSSR count). The second-order valence-electron chi connectivity index (χ2n) is 5.15. The maximum absolute atomic E-state index is 11.4. The average molecular weight is 232 g/mol. The Labute approximate surface area is 92.3 Å². The van der Waals surface area contributed by atoms with Crippen LogP contribution in [0.2, 0.25) is 0 Å². The van der Waals surface area contributed by atoms with Gasteiger partial charge >= 0.3 is 0 Å². The lowest BCUT2D eigenvalue weighted by Crippen LogP contribution is -2.35. The molecule has 2 unspecified atom stereocenters. The summed E-state index contributed by atoms with van der Waals surface area (Å²) in [6.45, 7) is 7.99. The van der Waals surface area contributed by atoms with E-state index in [0.29, 0.717) is 17.9 Å². The molecule has 2 aliphatic heterocycles. The van der Waals surface area contributed by atoms with Gasteiger partial charge in [-0.3, -0.25) is 0 Å². The average Bonchev–Trinajstić information content (AvgIpc) is 2.55. The lowest BCUT2D eigenvalue weighted by Gasteiger charge is -2.23. The summed E-state index contributed by atoms with van der Waals surface area (Å²) in [5.74, 6) is 1.12. The van der Waals surface area contributed by atoms with E-state index in [1.807, 2.05) is 0 Å². The predicted molar refractivity (Wildman–Crippen MR) is 60.1 cm³/mol. The molecule has 2 heterocycles.